The van der Waals surface area contributed by atoms with Crippen molar-refractivity contribution < 1.29 is 18.7 Å². The van der Waals surface area contributed by atoms with E-state index in [0.717, 1.165) is 23.0 Å². The first-order chi connectivity index (χ1) is 16.8. The first-order valence-corrected chi connectivity index (χ1v) is 11.2. The number of halogens is 1. The first-order valence-electron chi connectivity index (χ1n) is 11.2. The van der Waals surface area contributed by atoms with E-state index in [9.17, 15) is 9.18 Å². The number of carbonyl (C=O) groups is 1. The molecule has 182 valence electrons. The van der Waals surface area contributed by atoms with E-state index in [1.807, 2.05) is 39.0 Å². The average molecular weight is 479 g/mol. The van der Waals surface area contributed by atoms with Crippen LogP contribution in [0.15, 0.2) is 42.7 Å². The van der Waals surface area contributed by atoms with Gasteiger partial charge in [0, 0.05) is 18.0 Å². The van der Waals surface area contributed by atoms with Crippen LogP contribution in [0.3, 0.4) is 0 Å². The fraction of sp³-hybridized carbons (Fsp3) is 0.280. The Morgan fingerprint density at radius 1 is 1.20 bits per heavy atom. The molecule has 0 atom stereocenters. The number of hydrogen-bond acceptors (Lipinski definition) is 7. The van der Waals surface area contributed by atoms with Crippen LogP contribution in [0.5, 0.6) is 11.5 Å². The number of benzene rings is 2. The highest BCUT2D eigenvalue weighted by molar-refractivity contribution is 5.97. The van der Waals surface area contributed by atoms with E-state index in [0.29, 0.717) is 35.1 Å². The number of imidazole rings is 1. The van der Waals surface area contributed by atoms with Crippen molar-refractivity contribution in [3.63, 3.8) is 0 Å². The molecule has 1 amide bonds. The summed E-state index contributed by atoms with van der Waals surface area (Å²) in [6, 6.07) is 9.37. The van der Waals surface area contributed by atoms with Gasteiger partial charge in [-0.05, 0) is 42.8 Å². The molecule has 0 unspecified atom stereocenters. The van der Waals surface area contributed by atoms with Gasteiger partial charge in [-0.2, -0.15) is 5.10 Å². The lowest BCUT2D eigenvalue weighted by atomic mass is 10.1. The molecule has 0 aliphatic heterocycles. The van der Waals surface area contributed by atoms with Gasteiger partial charge in [0.05, 0.1) is 19.3 Å². The molecule has 0 aliphatic rings. The quantitative estimate of drug-likeness (QED) is 0.393. The zero-order valence-corrected chi connectivity index (χ0v) is 20.0. The Hall–Kier alpha value is -4.21. The highest BCUT2D eigenvalue weighted by Crippen LogP contribution is 2.36. The molecule has 2 aromatic carbocycles. The average Bonchev–Trinajstić information content (AvgIpc) is 3.24. The van der Waals surface area contributed by atoms with Crippen LogP contribution in [0.4, 0.5) is 10.2 Å². The van der Waals surface area contributed by atoms with E-state index in [-0.39, 0.29) is 18.0 Å². The number of rotatable bonds is 8. The van der Waals surface area contributed by atoms with E-state index < -0.39 is 11.7 Å². The predicted molar refractivity (Wildman–Crippen MR) is 130 cm³/mol. The van der Waals surface area contributed by atoms with Gasteiger partial charge in [0.2, 0.25) is 0 Å². The Morgan fingerprint density at radius 2 is 2.00 bits per heavy atom. The molecule has 0 radical (unpaired) electrons. The highest BCUT2D eigenvalue weighted by Gasteiger charge is 2.22. The molecular formula is C25H27FN6O3. The number of ether oxygens (including phenoxy) is 2. The SMILES string of the molecule is CCOc1cc(CNC(=O)c2cc(F)ccc2OC)ccc1-c1nc(C(C)C)n2ncnc(N)c12. The van der Waals surface area contributed by atoms with Crippen LogP contribution in [0, 0.1) is 5.82 Å². The molecule has 4 rings (SSSR count). The van der Waals surface area contributed by atoms with Crippen LogP contribution in [-0.2, 0) is 6.54 Å². The lowest BCUT2D eigenvalue weighted by Gasteiger charge is -2.13. The summed E-state index contributed by atoms with van der Waals surface area (Å²) < 4.78 is 26.5. The maximum absolute atomic E-state index is 13.7. The second-order valence-corrected chi connectivity index (χ2v) is 8.17. The van der Waals surface area contributed by atoms with Crippen molar-refractivity contribution in [3.8, 4) is 22.8 Å². The Kier molecular flexibility index (Phi) is 6.81. The lowest BCUT2D eigenvalue weighted by Crippen LogP contribution is -2.23. The van der Waals surface area contributed by atoms with E-state index in [1.165, 1.54) is 25.6 Å². The third-order valence-corrected chi connectivity index (χ3v) is 5.46. The number of nitrogen functional groups attached to an aromatic ring is 1. The molecule has 10 heteroatoms. The first kappa shape index (κ1) is 23.9. The fourth-order valence-electron chi connectivity index (χ4n) is 3.82. The third-order valence-electron chi connectivity index (χ3n) is 5.46. The number of amides is 1. The highest BCUT2D eigenvalue weighted by atomic mass is 19.1. The summed E-state index contributed by atoms with van der Waals surface area (Å²) >= 11 is 0. The molecule has 3 N–H and O–H groups in total. The van der Waals surface area contributed by atoms with Crippen molar-refractivity contribution >= 4 is 17.2 Å². The van der Waals surface area contributed by atoms with Crippen LogP contribution in [0.25, 0.3) is 16.8 Å². The van der Waals surface area contributed by atoms with Gasteiger partial charge in [0.1, 0.15) is 40.7 Å². The molecule has 2 aromatic heterocycles. The summed E-state index contributed by atoms with van der Waals surface area (Å²) in [5, 5.41) is 7.14. The summed E-state index contributed by atoms with van der Waals surface area (Å²) in [4.78, 5) is 21.6. The Labute approximate surface area is 202 Å². The normalized spacial score (nSPS) is 11.1. The minimum atomic E-state index is -0.518. The number of nitrogens with zero attached hydrogens (tertiary/aromatic N) is 4. The van der Waals surface area contributed by atoms with E-state index in [1.54, 1.807) is 4.52 Å². The van der Waals surface area contributed by atoms with E-state index in [2.05, 4.69) is 15.4 Å². The van der Waals surface area contributed by atoms with Crippen LogP contribution in [-0.4, -0.2) is 39.2 Å². The van der Waals surface area contributed by atoms with Crippen LogP contribution in [0.2, 0.25) is 0 Å². The molecule has 35 heavy (non-hydrogen) atoms. The van der Waals surface area contributed by atoms with Crippen molar-refractivity contribution in [2.45, 2.75) is 33.2 Å². The Balaban J connectivity index is 1.67. The second-order valence-electron chi connectivity index (χ2n) is 8.17. The molecule has 0 saturated carbocycles. The molecule has 0 spiro atoms. The molecule has 0 bridgehead atoms. The van der Waals surface area contributed by atoms with Crippen LogP contribution >= 0.6 is 0 Å². The van der Waals surface area contributed by atoms with Crippen LogP contribution in [0.1, 0.15) is 48.4 Å². The summed E-state index contributed by atoms with van der Waals surface area (Å²) in [6.45, 7) is 6.57. The molecule has 4 aromatic rings. The Morgan fingerprint density at radius 3 is 2.71 bits per heavy atom. The van der Waals surface area contributed by atoms with Gasteiger partial charge in [-0.3, -0.25) is 4.79 Å². The van der Waals surface area contributed by atoms with Crippen molar-refractivity contribution in [3.05, 3.63) is 65.5 Å². The van der Waals surface area contributed by atoms with Crippen molar-refractivity contribution in [2.24, 2.45) is 0 Å². The second kappa shape index (κ2) is 9.96. The smallest absolute Gasteiger partial charge is 0.255 e. The maximum Gasteiger partial charge on any atom is 0.255 e. The molecule has 0 fully saturated rings. The van der Waals surface area contributed by atoms with Gasteiger partial charge in [-0.1, -0.05) is 19.9 Å². The van der Waals surface area contributed by atoms with Gasteiger partial charge >= 0.3 is 0 Å². The molecule has 2 heterocycles. The topological polar surface area (TPSA) is 117 Å². The molecule has 9 nitrogen and oxygen atoms in total. The zero-order chi connectivity index (χ0) is 25.1. The minimum Gasteiger partial charge on any atom is -0.496 e. The minimum absolute atomic E-state index is 0.107. The van der Waals surface area contributed by atoms with Crippen LogP contribution < -0.4 is 20.5 Å². The Bertz CT molecular complexity index is 1390. The molecular weight excluding hydrogens is 451 g/mol. The zero-order valence-electron chi connectivity index (χ0n) is 20.0. The number of nitrogens with two attached hydrogens (primary N) is 1. The number of hydrogen-bond donors (Lipinski definition) is 2. The van der Waals surface area contributed by atoms with E-state index in [4.69, 9.17) is 20.2 Å². The largest absolute Gasteiger partial charge is 0.496 e. The summed E-state index contributed by atoms with van der Waals surface area (Å²) in [7, 11) is 1.43. The number of aromatic nitrogens is 4. The summed E-state index contributed by atoms with van der Waals surface area (Å²) in [5.41, 5.74) is 9.07. The van der Waals surface area contributed by atoms with Gasteiger partial charge in [0.15, 0.2) is 5.82 Å². The number of anilines is 1. The van der Waals surface area contributed by atoms with Gasteiger partial charge in [-0.25, -0.2) is 18.9 Å². The van der Waals surface area contributed by atoms with Crippen molar-refractivity contribution in [1.29, 1.82) is 0 Å². The number of fused-ring (bicyclic) bond motifs is 1. The van der Waals surface area contributed by atoms with Gasteiger partial charge in [-0.15, -0.1) is 0 Å². The van der Waals surface area contributed by atoms with Crippen molar-refractivity contribution in [1.82, 2.24) is 24.9 Å². The number of methoxy groups -OCH3 is 1. The number of carbonyl (C=O) groups excluding carboxylic acids is 1. The molecule has 0 saturated heterocycles. The standard InChI is InChI=1S/C25H27FN6O3/c1-5-35-20-10-15(12-28-25(33)18-11-16(26)7-9-19(18)34-4)6-8-17(20)21-22-23(27)29-13-30-32(22)24(31-21)14(2)3/h6-11,13-14H,5,12H2,1-4H3,(H,28,33)(H2,27,29,30). The van der Waals surface area contributed by atoms with Gasteiger partial charge in [0.25, 0.3) is 5.91 Å². The van der Waals surface area contributed by atoms with Gasteiger partial charge < -0.3 is 20.5 Å². The number of nitrogens with one attached hydrogen (secondary N) is 1. The fourth-order valence-corrected chi connectivity index (χ4v) is 3.82. The third kappa shape index (κ3) is 4.72. The summed E-state index contributed by atoms with van der Waals surface area (Å²) in [5.74, 6) is 1.09. The van der Waals surface area contributed by atoms with E-state index >= 15 is 0 Å². The van der Waals surface area contributed by atoms with Crippen molar-refractivity contribution in [2.75, 3.05) is 19.5 Å². The predicted octanol–water partition coefficient (Wildman–Crippen LogP) is 3.97. The monoisotopic (exact) mass is 478 g/mol. The maximum atomic E-state index is 13.7. The summed E-state index contributed by atoms with van der Waals surface area (Å²) in [6.07, 6.45) is 1.41. The lowest BCUT2D eigenvalue weighted by molar-refractivity contribution is 0.0947. The molecule has 0 aliphatic carbocycles.